The Morgan fingerprint density at radius 1 is 1.40 bits per heavy atom. The molecule has 0 amide bonds. The van der Waals surface area contributed by atoms with Gasteiger partial charge in [0.2, 0.25) is 0 Å². The monoisotopic (exact) mass is 220 g/mol. The van der Waals surface area contributed by atoms with Crippen LogP contribution in [0.15, 0.2) is 17.1 Å². The summed E-state index contributed by atoms with van der Waals surface area (Å²) in [6, 6.07) is -0.0329. The Hall–Kier alpha value is -1.33. The number of hydrogen-bond donors (Lipinski definition) is 1. The van der Waals surface area contributed by atoms with E-state index in [0.29, 0.717) is 5.82 Å². The minimum atomic E-state index is -0.0329. The maximum Gasteiger partial charge on any atom is 0.179 e. The Labute approximate surface area is 92.2 Å². The SMILES string of the molecule is Cc1nc(-c2cscn2)ncc1[C@H](C)N. The van der Waals surface area contributed by atoms with E-state index in [4.69, 9.17) is 5.73 Å². The maximum atomic E-state index is 5.79. The van der Waals surface area contributed by atoms with Crippen LogP contribution in [0, 0.1) is 6.92 Å². The number of rotatable bonds is 2. The second kappa shape index (κ2) is 4.04. The van der Waals surface area contributed by atoms with Crippen LogP contribution < -0.4 is 5.73 Å². The summed E-state index contributed by atoms with van der Waals surface area (Å²) >= 11 is 1.53. The van der Waals surface area contributed by atoms with Crippen molar-refractivity contribution in [1.29, 1.82) is 0 Å². The zero-order valence-corrected chi connectivity index (χ0v) is 9.45. The summed E-state index contributed by atoms with van der Waals surface area (Å²) < 4.78 is 0. The molecule has 0 aromatic carbocycles. The first-order valence-corrected chi connectivity index (χ1v) is 5.60. The van der Waals surface area contributed by atoms with Crippen molar-refractivity contribution >= 4 is 11.3 Å². The average Bonchev–Trinajstić information content (AvgIpc) is 2.69. The summed E-state index contributed by atoms with van der Waals surface area (Å²) in [6.45, 7) is 3.87. The van der Waals surface area contributed by atoms with Gasteiger partial charge in [-0.05, 0) is 13.8 Å². The molecule has 2 aromatic rings. The normalized spacial score (nSPS) is 12.7. The van der Waals surface area contributed by atoms with E-state index in [-0.39, 0.29) is 6.04 Å². The van der Waals surface area contributed by atoms with Gasteiger partial charge in [0.15, 0.2) is 5.82 Å². The third-order valence-electron chi connectivity index (χ3n) is 2.17. The zero-order valence-electron chi connectivity index (χ0n) is 8.64. The zero-order chi connectivity index (χ0) is 10.8. The predicted molar refractivity (Wildman–Crippen MR) is 60.5 cm³/mol. The first kappa shape index (κ1) is 10.2. The van der Waals surface area contributed by atoms with Gasteiger partial charge >= 0.3 is 0 Å². The van der Waals surface area contributed by atoms with Gasteiger partial charge in [0, 0.05) is 28.9 Å². The van der Waals surface area contributed by atoms with Crippen molar-refractivity contribution in [1.82, 2.24) is 15.0 Å². The molecule has 0 aliphatic rings. The van der Waals surface area contributed by atoms with Crippen molar-refractivity contribution in [3.05, 3.63) is 28.3 Å². The van der Waals surface area contributed by atoms with Gasteiger partial charge < -0.3 is 5.73 Å². The lowest BCUT2D eigenvalue weighted by molar-refractivity contribution is 0.790. The van der Waals surface area contributed by atoms with Crippen LogP contribution in [-0.4, -0.2) is 15.0 Å². The molecule has 2 heterocycles. The van der Waals surface area contributed by atoms with Crippen LogP contribution in [0.25, 0.3) is 11.5 Å². The van der Waals surface area contributed by atoms with E-state index < -0.39 is 0 Å². The minimum Gasteiger partial charge on any atom is -0.324 e. The van der Waals surface area contributed by atoms with Gasteiger partial charge in [-0.3, -0.25) is 0 Å². The molecule has 0 fully saturated rings. The van der Waals surface area contributed by atoms with Gasteiger partial charge in [-0.25, -0.2) is 15.0 Å². The number of aryl methyl sites for hydroxylation is 1. The van der Waals surface area contributed by atoms with E-state index >= 15 is 0 Å². The van der Waals surface area contributed by atoms with Gasteiger partial charge in [-0.1, -0.05) is 0 Å². The van der Waals surface area contributed by atoms with Crippen molar-refractivity contribution in [2.24, 2.45) is 5.73 Å². The van der Waals surface area contributed by atoms with Crippen LogP contribution in [0.4, 0.5) is 0 Å². The first-order valence-electron chi connectivity index (χ1n) is 4.66. The Morgan fingerprint density at radius 2 is 2.20 bits per heavy atom. The van der Waals surface area contributed by atoms with Crippen molar-refractivity contribution in [3.8, 4) is 11.5 Å². The van der Waals surface area contributed by atoms with E-state index in [1.54, 1.807) is 11.7 Å². The Balaban J connectivity index is 2.42. The lowest BCUT2D eigenvalue weighted by atomic mass is 10.1. The third kappa shape index (κ3) is 2.03. The number of nitrogens with two attached hydrogens (primary N) is 1. The average molecular weight is 220 g/mol. The molecule has 0 aliphatic heterocycles. The number of aromatic nitrogens is 3. The molecule has 5 heteroatoms. The smallest absolute Gasteiger partial charge is 0.179 e. The van der Waals surface area contributed by atoms with E-state index in [2.05, 4.69) is 15.0 Å². The summed E-state index contributed by atoms with van der Waals surface area (Å²) in [5.41, 5.74) is 10.3. The highest BCUT2D eigenvalue weighted by atomic mass is 32.1. The molecule has 2 N–H and O–H groups in total. The van der Waals surface area contributed by atoms with Crippen molar-refractivity contribution < 1.29 is 0 Å². The van der Waals surface area contributed by atoms with E-state index in [1.807, 2.05) is 19.2 Å². The van der Waals surface area contributed by atoms with E-state index in [9.17, 15) is 0 Å². The Kier molecular flexibility index (Phi) is 2.75. The minimum absolute atomic E-state index is 0.0329. The summed E-state index contributed by atoms with van der Waals surface area (Å²) in [7, 11) is 0. The van der Waals surface area contributed by atoms with Gasteiger partial charge in [-0.2, -0.15) is 0 Å². The second-order valence-corrected chi connectivity index (χ2v) is 4.12. The van der Waals surface area contributed by atoms with Crippen LogP contribution in [0.2, 0.25) is 0 Å². The highest BCUT2D eigenvalue weighted by Crippen LogP contribution is 2.18. The largest absolute Gasteiger partial charge is 0.324 e. The quantitative estimate of drug-likeness (QED) is 0.839. The molecule has 2 rings (SSSR count). The molecule has 0 unspecified atom stereocenters. The molecule has 0 spiro atoms. The molecular formula is C10H12N4S. The molecule has 0 saturated carbocycles. The number of hydrogen-bond acceptors (Lipinski definition) is 5. The Bertz CT molecular complexity index is 450. The molecular weight excluding hydrogens is 208 g/mol. The van der Waals surface area contributed by atoms with E-state index in [1.165, 1.54) is 11.3 Å². The highest BCUT2D eigenvalue weighted by molar-refractivity contribution is 7.07. The fourth-order valence-electron chi connectivity index (χ4n) is 1.37. The Morgan fingerprint density at radius 3 is 2.73 bits per heavy atom. The summed E-state index contributed by atoms with van der Waals surface area (Å²) in [5.74, 6) is 0.665. The molecule has 2 aromatic heterocycles. The molecule has 0 aliphatic carbocycles. The molecule has 78 valence electrons. The topological polar surface area (TPSA) is 64.7 Å². The fraction of sp³-hybridized carbons (Fsp3) is 0.300. The van der Waals surface area contributed by atoms with Crippen molar-refractivity contribution in [3.63, 3.8) is 0 Å². The molecule has 1 atom stereocenters. The summed E-state index contributed by atoms with van der Waals surface area (Å²) in [5, 5.41) is 1.93. The number of thiazole rings is 1. The molecule has 4 nitrogen and oxygen atoms in total. The van der Waals surface area contributed by atoms with Gasteiger partial charge in [0.25, 0.3) is 0 Å². The maximum absolute atomic E-state index is 5.79. The lowest BCUT2D eigenvalue weighted by Gasteiger charge is -2.08. The van der Waals surface area contributed by atoms with Crippen LogP contribution >= 0.6 is 11.3 Å². The van der Waals surface area contributed by atoms with Gasteiger partial charge in [0.05, 0.1) is 5.51 Å². The predicted octanol–water partition coefficient (Wildman–Crippen LogP) is 1.93. The molecule has 0 saturated heterocycles. The number of nitrogens with zero attached hydrogens (tertiary/aromatic N) is 3. The van der Waals surface area contributed by atoms with Gasteiger partial charge in [0.1, 0.15) is 5.69 Å². The highest BCUT2D eigenvalue weighted by Gasteiger charge is 2.09. The van der Waals surface area contributed by atoms with Crippen LogP contribution in [0.3, 0.4) is 0 Å². The second-order valence-electron chi connectivity index (χ2n) is 3.40. The van der Waals surface area contributed by atoms with E-state index in [0.717, 1.165) is 17.0 Å². The summed E-state index contributed by atoms with van der Waals surface area (Å²) in [6.07, 6.45) is 1.78. The van der Waals surface area contributed by atoms with Crippen LogP contribution in [0.5, 0.6) is 0 Å². The van der Waals surface area contributed by atoms with Crippen molar-refractivity contribution in [2.45, 2.75) is 19.9 Å². The molecule has 0 bridgehead atoms. The van der Waals surface area contributed by atoms with Crippen molar-refractivity contribution in [2.75, 3.05) is 0 Å². The molecule has 15 heavy (non-hydrogen) atoms. The molecule has 0 radical (unpaired) electrons. The van der Waals surface area contributed by atoms with Crippen LogP contribution in [-0.2, 0) is 0 Å². The standard InChI is InChI=1S/C10H12N4S/c1-6(11)8-3-12-10(14-7(8)2)9-4-15-5-13-9/h3-6H,11H2,1-2H3/t6-/m0/s1. The summed E-state index contributed by atoms with van der Waals surface area (Å²) in [4.78, 5) is 12.8. The van der Waals surface area contributed by atoms with Gasteiger partial charge in [-0.15, -0.1) is 11.3 Å². The fourth-order valence-corrected chi connectivity index (χ4v) is 1.90. The lowest BCUT2D eigenvalue weighted by Crippen LogP contribution is -2.09. The third-order valence-corrected chi connectivity index (χ3v) is 2.76. The first-order chi connectivity index (χ1) is 7.18. The van der Waals surface area contributed by atoms with Crippen LogP contribution in [0.1, 0.15) is 24.2 Å².